The predicted octanol–water partition coefficient (Wildman–Crippen LogP) is 1.20. The number of sulfone groups is 1. The molecule has 2 aromatic rings. The van der Waals surface area contributed by atoms with Gasteiger partial charge in [-0.15, -0.1) is 0 Å². The summed E-state index contributed by atoms with van der Waals surface area (Å²) in [6.07, 6.45) is 1.11. The number of hydrogen-bond acceptors (Lipinski definition) is 4. The molecule has 4 nitrogen and oxygen atoms in total. The van der Waals surface area contributed by atoms with Gasteiger partial charge in [0, 0.05) is 23.8 Å². The van der Waals surface area contributed by atoms with E-state index < -0.39 is 15.5 Å². The Balaban J connectivity index is 2.81. The van der Waals surface area contributed by atoms with E-state index >= 15 is 0 Å². The molecule has 1 heterocycles. The molecule has 0 atom stereocenters. The average molecular weight is 224 g/mol. The van der Waals surface area contributed by atoms with Crippen molar-refractivity contribution in [3.05, 3.63) is 40.8 Å². The van der Waals surface area contributed by atoms with E-state index in [2.05, 4.69) is 0 Å². The van der Waals surface area contributed by atoms with E-state index in [4.69, 9.17) is 4.42 Å². The quantitative estimate of drug-likeness (QED) is 0.683. The van der Waals surface area contributed by atoms with Gasteiger partial charge in [0.25, 0.3) is 0 Å². The Hall–Kier alpha value is -1.62. The second kappa shape index (κ2) is 3.20. The van der Waals surface area contributed by atoms with Gasteiger partial charge in [-0.25, -0.2) is 13.2 Å². The van der Waals surface area contributed by atoms with Crippen LogP contribution in [0.5, 0.6) is 0 Å². The molecule has 0 radical (unpaired) electrons. The molecule has 2 rings (SSSR count). The first-order valence-electron chi connectivity index (χ1n) is 4.21. The molecule has 5 heteroatoms. The molecule has 0 fully saturated rings. The SMILES string of the molecule is CS(=O)(=O)c1ccc2ccc(=O)oc2c1. The molecular formula is C10H8O4S. The highest BCUT2D eigenvalue weighted by molar-refractivity contribution is 7.90. The Morgan fingerprint density at radius 2 is 1.80 bits per heavy atom. The molecule has 0 saturated heterocycles. The van der Waals surface area contributed by atoms with Gasteiger partial charge < -0.3 is 4.42 Å². The van der Waals surface area contributed by atoms with Crippen molar-refractivity contribution in [3.8, 4) is 0 Å². The van der Waals surface area contributed by atoms with Crippen LogP contribution in [0.3, 0.4) is 0 Å². The van der Waals surface area contributed by atoms with Crippen molar-refractivity contribution in [1.29, 1.82) is 0 Å². The molecule has 0 bridgehead atoms. The Kier molecular flexibility index (Phi) is 2.12. The van der Waals surface area contributed by atoms with Gasteiger partial charge in [0.15, 0.2) is 9.84 Å². The monoisotopic (exact) mass is 224 g/mol. The molecule has 0 aliphatic rings. The number of fused-ring (bicyclic) bond motifs is 1. The maximum absolute atomic E-state index is 11.2. The summed E-state index contributed by atoms with van der Waals surface area (Å²) >= 11 is 0. The summed E-state index contributed by atoms with van der Waals surface area (Å²) in [4.78, 5) is 11.1. The van der Waals surface area contributed by atoms with Gasteiger partial charge >= 0.3 is 5.63 Å². The van der Waals surface area contributed by atoms with Gasteiger partial charge in [-0.05, 0) is 18.2 Å². The minimum absolute atomic E-state index is 0.143. The molecule has 0 aliphatic carbocycles. The normalized spacial score (nSPS) is 11.8. The first-order chi connectivity index (χ1) is 6.97. The summed E-state index contributed by atoms with van der Waals surface area (Å²) in [5.74, 6) is 0. The van der Waals surface area contributed by atoms with E-state index in [-0.39, 0.29) is 10.5 Å². The number of benzene rings is 1. The van der Waals surface area contributed by atoms with Crippen LogP contribution in [-0.2, 0) is 9.84 Å². The molecule has 0 unspecified atom stereocenters. The smallest absolute Gasteiger partial charge is 0.336 e. The largest absolute Gasteiger partial charge is 0.423 e. The van der Waals surface area contributed by atoms with Crippen LogP contribution in [0, 0.1) is 0 Å². The molecule has 0 saturated carbocycles. The lowest BCUT2D eigenvalue weighted by molar-refractivity contribution is 0.559. The molecule has 15 heavy (non-hydrogen) atoms. The Labute approximate surface area is 86.1 Å². The summed E-state index contributed by atoms with van der Waals surface area (Å²) in [6, 6.07) is 7.33. The Morgan fingerprint density at radius 3 is 2.47 bits per heavy atom. The third-order valence-corrected chi connectivity index (χ3v) is 3.13. The van der Waals surface area contributed by atoms with Crippen molar-refractivity contribution in [2.24, 2.45) is 0 Å². The van der Waals surface area contributed by atoms with Crippen LogP contribution >= 0.6 is 0 Å². The first kappa shape index (κ1) is 9.92. The van der Waals surface area contributed by atoms with Crippen LogP contribution in [0.15, 0.2) is 44.4 Å². The summed E-state index contributed by atoms with van der Waals surface area (Å²) in [5, 5.41) is 0.696. The van der Waals surface area contributed by atoms with Gasteiger partial charge in [0.2, 0.25) is 0 Å². The fraction of sp³-hybridized carbons (Fsp3) is 0.100. The van der Waals surface area contributed by atoms with E-state index in [9.17, 15) is 13.2 Å². The number of hydrogen-bond donors (Lipinski definition) is 0. The highest BCUT2D eigenvalue weighted by Crippen LogP contribution is 2.17. The van der Waals surface area contributed by atoms with E-state index in [0.29, 0.717) is 5.39 Å². The van der Waals surface area contributed by atoms with E-state index in [1.54, 1.807) is 12.1 Å². The maximum atomic E-state index is 11.2. The summed E-state index contributed by atoms with van der Waals surface area (Å²) < 4.78 is 27.4. The maximum Gasteiger partial charge on any atom is 0.336 e. The van der Waals surface area contributed by atoms with Crippen LogP contribution in [0.1, 0.15) is 0 Å². The van der Waals surface area contributed by atoms with Gasteiger partial charge in [0.05, 0.1) is 4.90 Å². The zero-order valence-electron chi connectivity index (χ0n) is 7.93. The minimum atomic E-state index is -3.27. The van der Waals surface area contributed by atoms with Crippen LogP contribution in [-0.4, -0.2) is 14.7 Å². The van der Waals surface area contributed by atoms with Gasteiger partial charge in [-0.1, -0.05) is 0 Å². The van der Waals surface area contributed by atoms with Crippen LogP contribution < -0.4 is 5.63 Å². The van der Waals surface area contributed by atoms with Gasteiger partial charge in [-0.3, -0.25) is 0 Å². The van der Waals surface area contributed by atoms with Crippen molar-refractivity contribution in [1.82, 2.24) is 0 Å². The van der Waals surface area contributed by atoms with Crippen molar-refractivity contribution in [3.63, 3.8) is 0 Å². The average Bonchev–Trinajstić information content (AvgIpc) is 2.15. The second-order valence-corrected chi connectivity index (χ2v) is 5.24. The minimum Gasteiger partial charge on any atom is -0.423 e. The lowest BCUT2D eigenvalue weighted by atomic mass is 10.2. The summed E-state index contributed by atoms with van der Waals surface area (Å²) in [5.41, 5.74) is -0.210. The van der Waals surface area contributed by atoms with Crippen LogP contribution in [0.25, 0.3) is 11.0 Å². The van der Waals surface area contributed by atoms with Crippen molar-refractivity contribution >= 4 is 20.8 Å². The fourth-order valence-electron chi connectivity index (χ4n) is 1.27. The Bertz CT molecular complexity index is 667. The molecule has 1 aromatic heterocycles. The molecule has 0 amide bonds. The predicted molar refractivity (Wildman–Crippen MR) is 55.6 cm³/mol. The molecular weight excluding hydrogens is 216 g/mol. The van der Waals surface area contributed by atoms with Crippen molar-refractivity contribution < 1.29 is 12.8 Å². The summed E-state index contributed by atoms with van der Waals surface area (Å²) in [6.45, 7) is 0. The third-order valence-electron chi connectivity index (χ3n) is 2.02. The number of rotatable bonds is 1. The lowest BCUT2D eigenvalue weighted by Crippen LogP contribution is -1.98. The van der Waals surface area contributed by atoms with E-state index in [0.717, 1.165) is 6.26 Å². The zero-order chi connectivity index (χ0) is 11.1. The van der Waals surface area contributed by atoms with E-state index in [1.165, 1.54) is 18.2 Å². The van der Waals surface area contributed by atoms with Gasteiger partial charge in [0.1, 0.15) is 5.58 Å². The lowest BCUT2D eigenvalue weighted by Gasteiger charge is -1.99. The second-order valence-electron chi connectivity index (χ2n) is 3.23. The Morgan fingerprint density at radius 1 is 1.13 bits per heavy atom. The molecule has 0 aliphatic heterocycles. The van der Waals surface area contributed by atoms with Crippen molar-refractivity contribution in [2.45, 2.75) is 4.90 Å². The topological polar surface area (TPSA) is 64.3 Å². The molecule has 78 valence electrons. The standard InChI is InChI=1S/C10H8O4S/c1-15(12,13)8-4-2-7-3-5-10(11)14-9(7)6-8/h2-6H,1H3. The van der Waals surface area contributed by atoms with Crippen LogP contribution in [0.2, 0.25) is 0 Å². The fourth-order valence-corrected chi connectivity index (χ4v) is 1.91. The zero-order valence-corrected chi connectivity index (χ0v) is 8.74. The van der Waals surface area contributed by atoms with E-state index in [1.807, 2.05) is 0 Å². The van der Waals surface area contributed by atoms with Crippen LogP contribution in [0.4, 0.5) is 0 Å². The molecule has 1 aromatic carbocycles. The molecule has 0 N–H and O–H groups in total. The highest BCUT2D eigenvalue weighted by atomic mass is 32.2. The molecule has 0 spiro atoms. The van der Waals surface area contributed by atoms with Crippen molar-refractivity contribution in [2.75, 3.05) is 6.26 Å². The first-order valence-corrected chi connectivity index (χ1v) is 6.10. The van der Waals surface area contributed by atoms with Gasteiger partial charge in [-0.2, -0.15) is 0 Å². The highest BCUT2D eigenvalue weighted by Gasteiger charge is 2.08. The third kappa shape index (κ3) is 1.92. The summed E-state index contributed by atoms with van der Waals surface area (Å²) in [7, 11) is -3.27.